The molecule has 0 aliphatic carbocycles. The Balaban J connectivity index is 2.00. The third kappa shape index (κ3) is 2.04. The highest BCUT2D eigenvalue weighted by atomic mass is 35.5. The van der Waals surface area contributed by atoms with Gasteiger partial charge in [0, 0.05) is 25.5 Å². The van der Waals surface area contributed by atoms with Gasteiger partial charge in [-0.05, 0) is 12.1 Å². The monoisotopic (exact) mass is 278 g/mol. The summed E-state index contributed by atoms with van der Waals surface area (Å²) < 4.78 is 2.05. The number of rotatable bonds is 2. The largest absolute Gasteiger partial charge is 0.357 e. The summed E-state index contributed by atoms with van der Waals surface area (Å²) in [6, 6.07) is 4.99. The first-order valence-corrected chi connectivity index (χ1v) is 6.22. The fourth-order valence-corrected chi connectivity index (χ4v) is 2.56. The molecular weight excluding hydrogens is 268 g/mol. The van der Waals surface area contributed by atoms with Crippen LogP contribution in [0.15, 0.2) is 30.6 Å². The van der Waals surface area contributed by atoms with Crippen molar-refractivity contribution in [1.29, 1.82) is 0 Å². The standard InChI is InChI=1S/C12H11ClN4O2/c13-9-2-1-3-10(12(9)17(18)19)16-7-6-15-5-4-14-11(15)8-16/h1-5H,6-8H2. The fourth-order valence-electron chi connectivity index (χ4n) is 2.32. The van der Waals surface area contributed by atoms with Crippen LogP contribution in [0.1, 0.15) is 5.82 Å². The molecule has 6 nitrogen and oxygen atoms in total. The topological polar surface area (TPSA) is 64.2 Å². The van der Waals surface area contributed by atoms with Crippen molar-refractivity contribution in [2.45, 2.75) is 13.1 Å². The summed E-state index contributed by atoms with van der Waals surface area (Å²) in [7, 11) is 0. The number of hydrogen-bond acceptors (Lipinski definition) is 4. The van der Waals surface area contributed by atoms with Crippen LogP contribution in [-0.4, -0.2) is 21.0 Å². The minimum atomic E-state index is -0.432. The number of fused-ring (bicyclic) bond motifs is 1. The van der Waals surface area contributed by atoms with Gasteiger partial charge in [0.1, 0.15) is 16.5 Å². The summed E-state index contributed by atoms with van der Waals surface area (Å²) in [6.45, 7) is 2.01. The molecule has 0 amide bonds. The van der Waals surface area contributed by atoms with Gasteiger partial charge in [-0.3, -0.25) is 10.1 Å². The lowest BCUT2D eigenvalue weighted by Crippen LogP contribution is -2.34. The summed E-state index contributed by atoms with van der Waals surface area (Å²) >= 11 is 5.93. The number of nitro benzene ring substituents is 1. The molecule has 2 heterocycles. The van der Waals surface area contributed by atoms with E-state index in [1.165, 1.54) is 6.07 Å². The Kier molecular flexibility index (Phi) is 2.87. The molecule has 0 unspecified atom stereocenters. The summed E-state index contributed by atoms with van der Waals surface area (Å²) in [5.74, 6) is 0.903. The summed E-state index contributed by atoms with van der Waals surface area (Å²) in [5, 5.41) is 11.3. The SMILES string of the molecule is O=[N+]([O-])c1c(Cl)cccc1N1CCn2ccnc2C1. The molecule has 2 aromatic rings. The van der Waals surface area contributed by atoms with Crippen molar-refractivity contribution >= 4 is 23.0 Å². The van der Waals surface area contributed by atoms with Gasteiger partial charge in [0.05, 0.1) is 11.5 Å². The van der Waals surface area contributed by atoms with Crippen molar-refractivity contribution in [1.82, 2.24) is 9.55 Å². The number of benzene rings is 1. The van der Waals surface area contributed by atoms with Gasteiger partial charge in [0.15, 0.2) is 0 Å². The predicted octanol–water partition coefficient (Wildman–Crippen LogP) is 2.46. The van der Waals surface area contributed by atoms with Crippen LogP contribution in [0.25, 0.3) is 0 Å². The maximum atomic E-state index is 11.2. The Morgan fingerprint density at radius 2 is 2.21 bits per heavy atom. The number of imidazole rings is 1. The van der Waals surface area contributed by atoms with Gasteiger partial charge in [-0.25, -0.2) is 4.98 Å². The molecule has 1 aromatic heterocycles. The Morgan fingerprint density at radius 1 is 1.37 bits per heavy atom. The van der Waals surface area contributed by atoms with Gasteiger partial charge in [0.25, 0.3) is 0 Å². The van der Waals surface area contributed by atoms with E-state index < -0.39 is 4.92 Å². The van der Waals surface area contributed by atoms with E-state index in [-0.39, 0.29) is 10.7 Å². The number of halogens is 1. The molecule has 98 valence electrons. The first-order valence-electron chi connectivity index (χ1n) is 5.84. The van der Waals surface area contributed by atoms with Crippen LogP contribution >= 0.6 is 11.6 Å². The molecular formula is C12H11ClN4O2. The normalized spacial score (nSPS) is 14.3. The van der Waals surface area contributed by atoms with Crippen LogP contribution < -0.4 is 4.90 Å². The van der Waals surface area contributed by atoms with Crippen molar-refractivity contribution < 1.29 is 4.92 Å². The Hall–Kier alpha value is -2.08. The molecule has 3 rings (SSSR count). The summed E-state index contributed by atoms with van der Waals surface area (Å²) in [6.07, 6.45) is 3.66. The Labute approximate surface area is 114 Å². The maximum absolute atomic E-state index is 11.2. The van der Waals surface area contributed by atoms with Gasteiger partial charge in [-0.2, -0.15) is 0 Å². The van der Waals surface area contributed by atoms with Crippen LogP contribution in [0, 0.1) is 10.1 Å². The lowest BCUT2D eigenvalue weighted by atomic mass is 10.2. The van der Waals surface area contributed by atoms with Gasteiger partial charge >= 0.3 is 5.69 Å². The zero-order valence-electron chi connectivity index (χ0n) is 9.99. The highest BCUT2D eigenvalue weighted by Gasteiger charge is 2.25. The lowest BCUT2D eigenvalue weighted by Gasteiger charge is -2.29. The van der Waals surface area contributed by atoms with Crippen LogP contribution in [0.4, 0.5) is 11.4 Å². The average Bonchev–Trinajstić information content (AvgIpc) is 2.85. The van der Waals surface area contributed by atoms with E-state index in [9.17, 15) is 10.1 Å². The van der Waals surface area contributed by atoms with Crippen LogP contribution in [0.3, 0.4) is 0 Å². The number of para-hydroxylation sites is 1. The highest BCUT2D eigenvalue weighted by molar-refractivity contribution is 6.33. The van der Waals surface area contributed by atoms with Crippen LogP contribution in [0.2, 0.25) is 5.02 Å². The van der Waals surface area contributed by atoms with Gasteiger partial charge in [0.2, 0.25) is 0 Å². The number of anilines is 1. The molecule has 1 aliphatic heterocycles. The molecule has 0 saturated carbocycles. The minimum absolute atomic E-state index is 0.0378. The van der Waals surface area contributed by atoms with E-state index >= 15 is 0 Å². The second kappa shape index (κ2) is 4.55. The van der Waals surface area contributed by atoms with Gasteiger partial charge in [-0.1, -0.05) is 17.7 Å². The minimum Gasteiger partial charge on any atom is -0.357 e. The molecule has 1 aromatic carbocycles. The molecule has 19 heavy (non-hydrogen) atoms. The smallest absolute Gasteiger partial charge is 0.310 e. The average molecular weight is 279 g/mol. The third-order valence-corrected chi connectivity index (χ3v) is 3.54. The third-order valence-electron chi connectivity index (χ3n) is 3.23. The molecule has 0 saturated heterocycles. The number of nitro groups is 1. The zero-order valence-corrected chi connectivity index (χ0v) is 10.7. The van der Waals surface area contributed by atoms with Gasteiger partial charge < -0.3 is 9.47 Å². The number of aromatic nitrogens is 2. The van der Waals surface area contributed by atoms with Crippen molar-refractivity contribution in [3.63, 3.8) is 0 Å². The van der Waals surface area contributed by atoms with Crippen molar-refractivity contribution in [2.24, 2.45) is 0 Å². The lowest BCUT2D eigenvalue weighted by molar-refractivity contribution is -0.384. The van der Waals surface area contributed by atoms with Crippen LogP contribution in [-0.2, 0) is 13.1 Å². The second-order valence-electron chi connectivity index (χ2n) is 4.32. The van der Waals surface area contributed by atoms with E-state index in [0.717, 1.165) is 12.4 Å². The van der Waals surface area contributed by atoms with Crippen molar-refractivity contribution in [3.05, 3.63) is 51.6 Å². The Morgan fingerprint density at radius 3 is 3.00 bits per heavy atom. The first-order chi connectivity index (χ1) is 9.16. The van der Waals surface area contributed by atoms with E-state index in [2.05, 4.69) is 4.98 Å². The van der Waals surface area contributed by atoms with E-state index in [4.69, 9.17) is 11.6 Å². The number of nitrogens with zero attached hydrogens (tertiary/aromatic N) is 4. The van der Waals surface area contributed by atoms with Crippen molar-refractivity contribution in [2.75, 3.05) is 11.4 Å². The number of hydrogen-bond donors (Lipinski definition) is 0. The molecule has 0 atom stereocenters. The second-order valence-corrected chi connectivity index (χ2v) is 4.73. The predicted molar refractivity (Wildman–Crippen MR) is 71.4 cm³/mol. The molecule has 0 N–H and O–H groups in total. The summed E-state index contributed by atoms with van der Waals surface area (Å²) in [4.78, 5) is 16.9. The Bertz CT molecular complexity index is 640. The molecule has 7 heteroatoms. The molecule has 0 bridgehead atoms. The quantitative estimate of drug-likeness (QED) is 0.625. The maximum Gasteiger partial charge on any atom is 0.310 e. The van der Waals surface area contributed by atoms with E-state index in [1.807, 2.05) is 15.7 Å². The van der Waals surface area contributed by atoms with Crippen molar-refractivity contribution in [3.8, 4) is 0 Å². The molecule has 0 fully saturated rings. The van der Waals surface area contributed by atoms with E-state index in [0.29, 0.717) is 18.8 Å². The fraction of sp³-hybridized carbons (Fsp3) is 0.250. The first kappa shape index (κ1) is 12.0. The van der Waals surface area contributed by atoms with Crippen LogP contribution in [0.5, 0.6) is 0 Å². The van der Waals surface area contributed by atoms with Gasteiger partial charge in [-0.15, -0.1) is 0 Å². The highest BCUT2D eigenvalue weighted by Crippen LogP contribution is 2.36. The summed E-state index contributed by atoms with van der Waals surface area (Å²) in [5.41, 5.74) is 0.510. The molecule has 1 aliphatic rings. The van der Waals surface area contributed by atoms with E-state index in [1.54, 1.807) is 18.3 Å². The zero-order chi connectivity index (χ0) is 13.4. The molecule has 0 spiro atoms. The molecule has 0 radical (unpaired) electrons.